The van der Waals surface area contributed by atoms with E-state index in [0.717, 1.165) is 6.92 Å². The zero-order valence-corrected chi connectivity index (χ0v) is 11.6. The predicted molar refractivity (Wildman–Crippen MR) is 68.9 cm³/mol. The summed E-state index contributed by atoms with van der Waals surface area (Å²) in [6.07, 6.45) is 0. The first kappa shape index (κ1) is 16.3. The number of anilines is 1. The van der Waals surface area contributed by atoms with Gasteiger partial charge in [0.05, 0.1) is 0 Å². The fraction of sp³-hybridized carbons (Fsp3) is 0.462. The van der Waals surface area contributed by atoms with Crippen molar-refractivity contribution >= 4 is 11.6 Å². The molecule has 0 unspecified atom stereocenters. The number of benzene rings is 1. The highest BCUT2D eigenvalue weighted by atomic mass is 19.2. The Labute approximate surface area is 115 Å². The number of phenols is 1. The van der Waals surface area contributed by atoms with Crippen LogP contribution in [0.15, 0.2) is 0 Å². The number of hydrogen-bond acceptors (Lipinski definition) is 3. The summed E-state index contributed by atoms with van der Waals surface area (Å²) in [5, 5.41) is 11.5. The molecule has 20 heavy (non-hydrogen) atoms. The van der Waals surface area contributed by atoms with Crippen LogP contribution in [0.3, 0.4) is 0 Å². The van der Waals surface area contributed by atoms with Crippen LogP contribution in [-0.2, 0) is 11.3 Å². The SMILES string of the molecule is CCN(CC)Cc1c(O)c(F)c(F)c(NC(C)=O)c1F. The lowest BCUT2D eigenvalue weighted by Gasteiger charge is -2.20. The van der Waals surface area contributed by atoms with Gasteiger partial charge in [0.15, 0.2) is 17.4 Å². The van der Waals surface area contributed by atoms with Gasteiger partial charge in [0.1, 0.15) is 5.69 Å². The largest absolute Gasteiger partial charge is 0.504 e. The molecule has 1 aromatic rings. The molecule has 0 saturated carbocycles. The van der Waals surface area contributed by atoms with Gasteiger partial charge < -0.3 is 10.4 Å². The van der Waals surface area contributed by atoms with E-state index < -0.39 is 34.8 Å². The molecule has 2 N–H and O–H groups in total. The molecule has 4 nitrogen and oxygen atoms in total. The van der Waals surface area contributed by atoms with E-state index in [9.17, 15) is 23.1 Å². The number of halogens is 3. The van der Waals surface area contributed by atoms with Crippen molar-refractivity contribution in [2.24, 2.45) is 0 Å². The predicted octanol–water partition coefficient (Wildman–Crippen LogP) is 2.61. The fourth-order valence-corrected chi connectivity index (χ4v) is 1.80. The molecular weight excluding hydrogens is 273 g/mol. The Balaban J connectivity index is 3.36. The van der Waals surface area contributed by atoms with Crippen LogP contribution in [0.2, 0.25) is 0 Å². The first-order valence-corrected chi connectivity index (χ1v) is 6.21. The van der Waals surface area contributed by atoms with Crippen LogP contribution in [0.25, 0.3) is 0 Å². The molecule has 0 atom stereocenters. The van der Waals surface area contributed by atoms with Crippen LogP contribution in [0, 0.1) is 17.5 Å². The van der Waals surface area contributed by atoms with E-state index in [0.29, 0.717) is 13.1 Å². The highest BCUT2D eigenvalue weighted by Gasteiger charge is 2.26. The Kier molecular flexibility index (Phi) is 5.38. The Morgan fingerprint density at radius 2 is 1.70 bits per heavy atom. The van der Waals surface area contributed by atoms with Crippen molar-refractivity contribution in [3.63, 3.8) is 0 Å². The molecule has 0 bridgehead atoms. The smallest absolute Gasteiger partial charge is 0.221 e. The summed E-state index contributed by atoms with van der Waals surface area (Å²) < 4.78 is 41.3. The van der Waals surface area contributed by atoms with Gasteiger partial charge in [-0.15, -0.1) is 0 Å². The Hall–Kier alpha value is -1.76. The maximum atomic E-state index is 14.2. The van der Waals surface area contributed by atoms with Crippen molar-refractivity contribution in [2.45, 2.75) is 27.3 Å². The first-order valence-electron chi connectivity index (χ1n) is 6.21. The van der Waals surface area contributed by atoms with Gasteiger partial charge in [-0.05, 0) is 13.1 Å². The molecule has 1 aromatic carbocycles. The first-order chi connectivity index (χ1) is 9.33. The molecular formula is C13H17F3N2O2. The molecule has 1 rings (SSSR count). The van der Waals surface area contributed by atoms with Crippen LogP contribution in [0.5, 0.6) is 5.75 Å². The highest BCUT2D eigenvalue weighted by molar-refractivity contribution is 5.89. The average Bonchev–Trinajstić information content (AvgIpc) is 2.41. The Morgan fingerprint density at radius 1 is 1.15 bits per heavy atom. The second kappa shape index (κ2) is 6.60. The van der Waals surface area contributed by atoms with Crippen molar-refractivity contribution in [3.8, 4) is 5.75 Å². The third-order valence-electron chi connectivity index (χ3n) is 2.97. The van der Waals surface area contributed by atoms with Crippen molar-refractivity contribution in [3.05, 3.63) is 23.0 Å². The molecule has 0 spiro atoms. The number of hydrogen-bond donors (Lipinski definition) is 2. The number of nitrogens with zero attached hydrogens (tertiary/aromatic N) is 1. The number of nitrogens with one attached hydrogen (secondary N) is 1. The van der Waals surface area contributed by atoms with E-state index >= 15 is 0 Å². The second-order valence-electron chi connectivity index (χ2n) is 4.29. The Morgan fingerprint density at radius 3 is 2.15 bits per heavy atom. The van der Waals surface area contributed by atoms with Gasteiger partial charge in [0.25, 0.3) is 0 Å². The van der Waals surface area contributed by atoms with Gasteiger partial charge in [-0.3, -0.25) is 9.69 Å². The van der Waals surface area contributed by atoms with Gasteiger partial charge >= 0.3 is 0 Å². The molecule has 0 aliphatic carbocycles. The van der Waals surface area contributed by atoms with E-state index in [1.54, 1.807) is 4.90 Å². The summed E-state index contributed by atoms with van der Waals surface area (Å²) >= 11 is 0. The van der Waals surface area contributed by atoms with E-state index in [4.69, 9.17) is 0 Å². The number of amides is 1. The monoisotopic (exact) mass is 290 g/mol. The van der Waals surface area contributed by atoms with Gasteiger partial charge in [-0.1, -0.05) is 13.8 Å². The lowest BCUT2D eigenvalue weighted by molar-refractivity contribution is -0.114. The van der Waals surface area contributed by atoms with Gasteiger partial charge in [0, 0.05) is 19.0 Å². The average molecular weight is 290 g/mol. The molecule has 0 saturated heterocycles. The minimum Gasteiger partial charge on any atom is -0.504 e. The second-order valence-corrected chi connectivity index (χ2v) is 4.29. The lowest BCUT2D eigenvalue weighted by Crippen LogP contribution is -2.24. The molecule has 0 aromatic heterocycles. The van der Waals surface area contributed by atoms with Crippen molar-refractivity contribution in [1.82, 2.24) is 4.90 Å². The summed E-state index contributed by atoms with van der Waals surface area (Å²) in [4.78, 5) is 12.6. The van der Waals surface area contributed by atoms with E-state index in [1.807, 2.05) is 19.2 Å². The summed E-state index contributed by atoms with van der Waals surface area (Å²) in [6, 6.07) is 0. The van der Waals surface area contributed by atoms with Gasteiger partial charge in [-0.25, -0.2) is 8.78 Å². The minimum absolute atomic E-state index is 0.0888. The molecule has 112 valence electrons. The molecule has 0 radical (unpaired) electrons. The third-order valence-corrected chi connectivity index (χ3v) is 2.97. The number of carbonyl (C=O) groups excluding carboxylic acids is 1. The van der Waals surface area contributed by atoms with Crippen molar-refractivity contribution < 1.29 is 23.1 Å². The maximum Gasteiger partial charge on any atom is 0.221 e. The summed E-state index contributed by atoms with van der Waals surface area (Å²) in [5.41, 5.74) is -1.26. The molecule has 0 heterocycles. The Bertz CT molecular complexity index is 517. The number of carbonyl (C=O) groups is 1. The number of aromatic hydroxyl groups is 1. The highest BCUT2D eigenvalue weighted by Crippen LogP contribution is 2.34. The lowest BCUT2D eigenvalue weighted by atomic mass is 10.1. The molecule has 0 aliphatic rings. The number of phenolic OH excluding ortho intramolecular Hbond substituents is 1. The molecule has 0 fully saturated rings. The zero-order valence-electron chi connectivity index (χ0n) is 11.6. The standard InChI is InChI=1S/C13H17F3N2O2/c1-4-18(5-2)6-8-9(14)12(17-7(3)19)10(15)11(16)13(8)20/h20H,4-6H2,1-3H3,(H,17,19). The zero-order chi connectivity index (χ0) is 15.4. The third kappa shape index (κ3) is 3.22. The molecule has 1 amide bonds. The quantitative estimate of drug-likeness (QED) is 0.647. The number of rotatable bonds is 5. The van der Waals surface area contributed by atoms with Crippen molar-refractivity contribution in [2.75, 3.05) is 18.4 Å². The van der Waals surface area contributed by atoms with Crippen molar-refractivity contribution in [1.29, 1.82) is 0 Å². The van der Waals surface area contributed by atoms with Crippen LogP contribution in [0.1, 0.15) is 26.3 Å². The summed E-state index contributed by atoms with van der Waals surface area (Å²) in [7, 11) is 0. The van der Waals surface area contributed by atoms with Gasteiger partial charge in [-0.2, -0.15) is 4.39 Å². The van der Waals surface area contributed by atoms with Gasteiger partial charge in [0.2, 0.25) is 11.7 Å². The van der Waals surface area contributed by atoms with Crippen LogP contribution >= 0.6 is 0 Å². The van der Waals surface area contributed by atoms with E-state index in [-0.39, 0.29) is 12.1 Å². The summed E-state index contributed by atoms with van der Waals surface area (Å²) in [6.45, 7) is 5.68. The van der Waals surface area contributed by atoms with Crippen LogP contribution in [0.4, 0.5) is 18.9 Å². The molecule has 7 heteroatoms. The topological polar surface area (TPSA) is 52.6 Å². The normalized spacial score (nSPS) is 10.9. The maximum absolute atomic E-state index is 14.2. The van der Waals surface area contributed by atoms with E-state index in [1.165, 1.54) is 0 Å². The minimum atomic E-state index is -1.61. The molecule has 0 aliphatic heterocycles. The fourth-order valence-electron chi connectivity index (χ4n) is 1.80. The summed E-state index contributed by atoms with van der Waals surface area (Å²) in [5.74, 6) is -6.15. The van der Waals surface area contributed by atoms with Crippen LogP contribution < -0.4 is 5.32 Å². The van der Waals surface area contributed by atoms with E-state index in [2.05, 4.69) is 0 Å². The van der Waals surface area contributed by atoms with Crippen LogP contribution in [-0.4, -0.2) is 29.0 Å².